The molecule has 1 aliphatic rings. The van der Waals surface area contributed by atoms with Gasteiger partial charge in [-0.05, 0) is 61.0 Å². The minimum atomic E-state index is 0.0205. The quantitative estimate of drug-likeness (QED) is 0.768. The van der Waals surface area contributed by atoms with E-state index in [1.807, 2.05) is 6.07 Å². The zero-order chi connectivity index (χ0) is 17.8. The van der Waals surface area contributed by atoms with E-state index in [4.69, 9.17) is 0 Å². The molecule has 0 radical (unpaired) electrons. The van der Waals surface area contributed by atoms with E-state index in [0.717, 1.165) is 49.9 Å². The van der Waals surface area contributed by atoms with Crippen molar-refractivity contribution in [1.82, 2.24) is 14.9 Å². The van der Waals surface area contributed by atoms with Gasteiger partial charge in [-0.1, -0.05) is 36.4 Å². The van der Waals surface area contributed by atoms with Crippen LogP contribution in [0.15, 0.2) is 60.9 Å². The molecule has 1 N–H and O–H groups in total. The molecule has 1 saturated heterocycles. The molecule has 0 bridgehead atoms. The monoisotopic (exact) mass is 347 g/mol. The molecule has 134 valence electrons. The molecule has 26 heavy (non-hydrogen) atoms. The maximum Gasteiger partial charge on any atom is 0.0890 e. The molecule has 4 rings (SSSR count). The first-order valence-electron chi connectivity index (χ1n) is 9.33. The normalized spacial score (nSPS) is 17.4. The van der Waals surface area contributed by atoms with Gasteiger partial charge in [0.05, 0.1) is 11.0 Å². The predicted molar refractivity (Wildman–Crippen MR) is 104 cm³/mol. The molecule has 4 nitrogen and oxygen atoms in total. The third-order valence-electron chi connectivity index (χ3n) is 5.61. The van der Waals surface area contributed by atoms with Gasteiger partial charge in [-0.25, -0.2) is 0 Å². The third-order valence-corrected chi connectivity index (χ3v) is 5.61. The molecular formula is C22H25N3O. The van der Waals surface area contributed by atoms with Crippen LogP contribution in [0.2, 0.25) is 0 Å². The van der Waals surface area contributed by atoms with E-state index in [1.54, 1.807) is 12.4 Å². The highest BCUT2D eigenvalue weighted by molar-refractivity contribution is 5.74. The number of rotatable bonds is 5. The highest BCUT2D eigenvalue weighted by atomic mass is 16.3. The maximum absolute atomic E-state index is 10.1. The molecule has 1 aliphatic heterocycles. The number of aliphatic hydroxyl groups excluding tert-OH is 1. The third kappa shape index (κ3) is 3.76. The van der Waals surface area contributed by atoms with Gasteiger partial charge in [0.2, 0.25) is 0 Å². The van der Waals surface area contributed by atoms with E-state index < -0.39 is 0 Å². The number of aromatic nitrogens is 2. The molecule has 0 unspecified atom stereocenters. The number of hydrogen-bond donors (Lipinski definition) is 1. The molecule has 0 spiro atoms. The number of likely N-dealkylation sites (tertiary alicyclic amines) is 1. The summed E-state index contributed by atoms with van der Waals surface area (Å²) in [6, 6.07) is 16.9. The Labute approximate surface area is 154 Å². The van der Waals surface area contributed by atoms with Gasteiger partial charge in [-0.2, -0.15) is 0 Å². The Kier molecular flexibility index (Phi) is 4.96. The average molecular weight is 347 g/mol. The van der Waals surface area contributed by atoms with Crippen LogP contribution in [-0.2, 0) is 13.0 Å². The fourth-order valence-electron chi connectivity index (χ4n) is 3.97. The molecule has 2 aromatic carbocycles. The summed E-state index contributed by atoms with van der Waals surface area (Å²) in [6.07, 6.45) is 6.50. The summed E-state index contributed by atoms with van der Waals surface area (Å²) in [5.41, 5.74) is 4.51. The molecular weight excluding hydrogens is 322 g/mol. The second kappa shape index (κ2) is 7.52. The van der Waals surface area contributed by atoms with Crippen LogP contribution in [0.1, 0.15) is 24.0 Å². The summed E-state index contributed by atoms with van der Waals surface area (Å²) in [6.45, 7) is 3.23. The highest BCUT2D eigenvalue weighted by Crippen LogP contribution is 2.35. The van der Waals surface area contributed by atoms with Crippen LogP contribution < -0.4 is 0 Å². The number of nitrogens with zero attached hydrogens (tertiary/aromatic N) is 3. The summed E-state index contributed by atoms with van der Waals surface area (Å²) in [5.74, 6) is 0. The summed E-state index contributed by atoms with van der Waals surface area (Å²) in [4.78, 5) is 11.2. The number of benzene rings is 2. The second-order valence-electron chi connectivity index (χ2n) is 7.48. The SMILES string of the molecule is OCC1(Cc2ccccc2)CCN(Cc2ccc3nccnc3c2)CC1. The number of piperidine rings is 1. The Hall–Kier alpha value is -2.30. The van der Waals surface area contributed by atoms with E-state index in [1.165, 1.54) is 11.1 Å². The van der Waals surface area contributed by atoms with Gasteiger partial charge < -0.3 is 5.11 Å². The van der Waals surface area contributed by atoms with Gasteiger partial charge in [0.1, 0.15) is 0 Å². The average Bonchev–Trinajstić information content (AvgIpc) is 2.70. The van der Waals surface area contributed by atoms with Crippen LogP contribution >= 0.6 is 0 Å². The molecule has 0 aliphatic carbocycles. The van der Waals surface area contributed by atoms with Crippen LogP contribution in [0.4, 0.5) is 0 Å². The lowest BCUT2D eigenvalue weighted by molar-refractivity contribution is 0.0414. The molecule has 0 saturated carbocycles. The minimum absolute atomic E-state index is 0.0205. The van der Waals surface area contributed by atoms with Crippen molar-refractivity contribution in [3.05, 3.63) is 72.1 Å². The number of aliphatic hydroxyl groups is 1. The fraction of sp³-hybridized carbons (Fsp3) is 0.364. The highest BCUT2D eigenvalue weighted by Gasteiger charge is 2.34. The lowest BCUT2D eigenvalue weighted by Gasteiger charge is -2.41. The number of fused-ring (bicyclic) bond motifs is 1. The second-order valence-corrected chi connectivity index (χ2v) is 7.48. The molecule has 3 aromatic rings. The van der Waals surface area contributed by atoms with Gasteiger partial charge in [0.25, 0.3) is 0 Å². The molecule has 1 fully saturated rings. The van der Waals surface area contributed by atoms with Gasteiger partial charge in [-0.15, -0.1) is 0 Å². The first-order chi connectivity index (χ1) is 12.8. The molecule has 4 heteroatoms. The van der Waals surface area contributed by atoms with Gasteiger partial charge in [-0.3, -0.25) is 14.9 Å². The molecule has 2 heterocycles. The summed E-state index contributed by atoms with van der Waals surface area (Å²) < 4.78 is 0. The predicted octanol–water partition coefficient (Wildman–Crippen LogP) is 3.45. The molecule has 0 amide bonds. The van der Waals surface area contributed by atoms with E-state index in [-0.39, 0.29) is 12.0 Å². The van der Waals surface area contributed by atoms with E-state index >= 15 is 0 Å². The van der Waals surface area contributed by atoms with Crippen molar-refractivity contribution in [2.45, 2.75) is 25.8 Å². The van der Waals surface area contributed by atoms with E-state index in [2.05, 4.69) is 57.3 Å². The van der Waals surface area contributed by atoms with Crippen molar-refractivity contribution in [2.75, 3.05) is 19.7 Å². The van der Waals surface area contributed by atoms with Crippen molar-refractivity contribution < 1.29 is 5.11 Å². The van der Waals surface area contributed by atoms with Crippen molar-refractivity contribution in [2.24, 2.45) is 5.41 Å². The van der Waals surface area contributed by atoms with Crippen molar-refractivity contribution in [3.63, 3.8) is 0 Å². The molecule has 1 aromatic heterocycles. The molecule has 0 atom stereocenters. The van der Waals surface area contributed by atoms with Crippen LogP contribution in [0.3, 0.4) is 0 Å². The van der Waals surface area contributed by atoms with Crippen molar-refractivity contribution in [3.8, 4) is 0 Å². The standard InChI is InChI=1S/C22H25N3O/c26-17-22(15-18-4-2-1-3-5-18)8-12-25(13-9-22)16-19-6-7-20-21(14-19)24-11-10-23-20/h1-7,10-11,14,26H,8-9,12-13,15-17H2. The largest absolute Gasteiger partial charge is 0.396 e. The van der Waals surface area contributed by atoms with E-state index in [0.29, 0.717) is 0 Å². The van der Waals surface area contributed by atoms with Crippen LogP contribution in [-0.4, -0.2) is 39.7 Å². The lowest BCUT2D eigenvalue weighted by Crippen LogP contribution is -2.42. The first kappa shape index (κ1) is 17.1. The Balaban J connectivity index is 1.40. The van der Waals surface area contributed by atoms with Crippen LogP contribution in [0, 0.1) is 5.41 Å². The van der Waals surface area contributed by atoms with Gasteiger partial charge in [0.15, 0.2) is 0 Å². The Morgan fingerprint density at radius 1 is 0.885 bits per heavy atom. The lowest BCUT2D eigenvalue weighted by atomic mass is 9.74. The number of hydrogen-bond acceptors (Lipinski definition) is 4. The van der Waals surface area contributed by atoms with E-state index in [9.17, 15) is 5.11 Å². The van der Waals surface area contributed by atoms with Gasteiger partial charge in [0, 0.05) is 25.5 Å². The van der Waals surface area contributed by atoms with Crippen molar-refractivity contribution >= 4 is 11.0 Å². The maximum atomic E-state index is 10.1. The Bertz CT molecular complexity index is 857. The fourth-order valence-corrected chi connectivity index (χ4v) is 3.97. The van der Waals surface area contributed by atoms with Crippen LogP contribution in [0.25, 0.3) is 11.0 Å². The zero-order valence-corrected chi connectivity index (χ0v) is 15.0. The zero-order valence-electron chi connectivity index (χ0n) is 15.0. The summed E-state index contributed by atoms with van der Waals surface area (Å²) in [7, 11) is 0. The minimum Gasteiger partial charge on any atom is -0.396 e. The Morgan fingerprint density at radius 2 is 1.62 bits per heavy atom. The van der Waals surface area contributed by atoms with Gasteiger partial charge >= 0.3 is 0 Å². The summed E-state index contributed by atoms with van der Waals surface area (Å²) >= 11 is 0. The summed E-state index contributed by atoms with van der Waals surface area (Å²) in [5, 5.41) is 10.1. The smallest absolute Gasteiger partial charge is 0.0890 e. The Morgan fingerprint density at radius 3 is 2.35 bits per heavy atom. The first-order valence-corrected chi connectivity index (χ1v) is 9.33. The van der Waals surface area contributed by atoms with Crippen LogP contribution in [0.5, 0.6) is 0 Å². The topological polar surface area (TPSA) is 49.2 Å². The van der Waals surface area contributed by atoms with Crippen molar-refractivity contribution in [1.29, 1.82) is 0 Å².